The number of hydrogen-bond donors (Lipinski definition) is 1. The molecule has 0 saturated heterocycles. The predicted octanol–water partition coefficient (Wildman–Crippen LogP) is 3.86. The summed E-state index contributed by atoms with van der Waals surface area (Å²) in [6.07, 6.45) is 5.47. The lowest BCUT2D eigenvalue weighted by Gasteiger charge is -2.04. The van der Waals surface area contributed by atoms with Gasteiger partial charge in [-0.1, -0.05) is 57.2 Å². The number of nitrogens with one attached hydrogen (secondary N) is 1. The molecular weight excluding hydrogens is 182 g/mol. The number of hydrogen-bond acceptors (Lipinski definition) is 1. The molecule has 0 saturated carbocycles. The van der Waals surface area contributed by atoms with Crippen LogP contribution in [0.1, 0.15) is 38.3 Å². The summed E-state index contributed by atoms with van der Waals surface area (Å²) in [7, 11) is 1.97. The van der Waals surface area contributed by atoms with Gasteiger partial charge in [-0.2, -0.15) is 0 Å². The van der Waals surface area contributed by atoms with Gasteiger partial charge >= 0.3 is 0 Å². The Morgan fingerprint density at radius 1 is 1.20 bits per heavy atom. The Balaban J connectivity index is 0.000000921. The molecule has 1 heteroatoms. The number of benzene rings is 1. The van der Waals surface area contributed by atoms with Crippen LogP contribution in [0.2, 0.25) is 0 Å². The first-order valence-corrected chi connectivity index (χ1v) is 5.77. The molecule has 0 heterocycles. The zero-order valence-corrected chi connectivity index (χ0v) is 10.4. The van der Waals surface area contributed by atoms with Crippen LogP contribution in [0.15, 0.2) is 30.3 Å². The van der Waals surface area contributed by atoms with Gasteiger partial charge in [-0.05, 0) is 24.6 Å². The van der Waals surface area contributed by atoms with E-state index in [0.29, 0.717) is 0 Å². The van der Waals surface area contributed by atoms with Crippen LogP contribution < -0.4 is 5.32 Å². The minimum Gasteiger partial charge on any atom is -0.316 e. The van der Waals surface area contributed by atoms with Crippen LogP contribution >= 0.6 is 0 Å². The maximum Gasteiger partial charge on any atom is 0.0208 e. The lowest BCUT2D eigenvalue weighted by atomic mass is 10.1. The maximum absolute atomic E-state index is 3.17. The second-order valence-corrected chi connectivity index (χ2v) is 3.04. The molecule has 0 aliphatic carbocycles. The largest absolute Gasteiger partial charge is 0.316 e. The first-order valence-electron chi connectivity index (χ1n) is 5.77. The quantitative estimate of drug-likeness (QED) is 0.787. The Bertz CT molecular complexity index is 276. The fourth-order valence-corrected chi connectivity index (χ4v) is 1.29. The van der Waals surface area contributed by atoms with Gasteiger partial charge in [0.25, 0.3) is 0 Å². The Labute approximate surface area is 94.2 Å². The summed E-state index contributed by atoms with van der Waals surface area (Å²) in [5, 5.41) is 3.17. The van der Waals surface area contributed by atoms with Crippen molar-refractivity contribution in [3.05, 3.63) is 41.5 Å². The Kier molecular flexibility index (Phi) is 8.79. The van der Waals surface area contributed by atoms with Crippen molar-refractivity contribution in [3.8, 4) is 0 Å². The monoisotopic (exact) mass is 205 g/mol. The SMILES string of the molecule is CC.CC/C=C\c1ccccc1CNC. The van der Waals surface area contributed by atoms with Crippen LogP contribution in [0.5, 0.6) is 0 Å². The average Bonchev–Trinajstić information content (AvgIpc) is 2.31. The van der Waals surface area contributed by atoms with Crippen molar-refractivity contribution in [3.63, 3.8) is 0 Å². The van der Waals surface area contributed by atoms with Gasteiger partial charge in [0.05, 0.1) is 0 Å². The second-order valence-electron chi connectivity index (χ2n) is 3.04. The highest BCUT2D eigenvalue weighted by atomic mass is 14.8. The topological polar surface area (TPSA) is 12.0 Å². The summed E-state index contributed by atoms with van der Waals surface area (Å²) >= 11 is 0. The van der Waals surface area contributed by atoms with E-state index in [9.17, 15) is 0 Å². The molecule has 0 unspecified atom stereocenters. The second kappa shape index (κ2) is 9.47. The molecule has 0 radical (unpaired) electrons. The molecule has 15 heavy (non-hydrogen) atoms. The third kappa shape index (κ3) is 5.38. The smallest absolute Gasteiger partial charge is 0.0208 e. The normalized spacial score (nSPS) is 9.87. The van der Waals surface area contributed by atoms with Gasteiger partial charge in [-0.25, -0.2) is 0 Å². The molecule has 0 spiro atoms. The van der Waals surface area contributed by atoms with Gasteiger partial charge in [0, 0.05) is 6.54 Å². The van der Waals surface area contributed by atoms with Crippen LogP contribution in [0.4, 0.5) is 0 Å². The third-order valence-corrected chi connectivity index (χ3v) is 1.96. The van der Waals surface area contributed by atoms with Crippen molar-refractivity contribution in [1.82, 2.24) is 5.32 Å². The molecule has 1 N–H and O–H groups in total. The van der Waals surface area contributed by atoms with Crippen molar-refractivity contribution in [1.29, 1.82) is 0 Å². The van der Waals surface area contributed by atoms with E-state index in [0.717, 1.165) is 13.0 Å². The Hall–Kier alpha value is -1.08. The van der Waals surface area contributed by atoms with Crippen molar-refractivity contribution in [2.24, 2.45) is 0 Å². The fourth-order valence-electron chi connectivity index (χ4n) is 1.29. The van der Waals surface area contributed by atoms with Gasteiger partial charge < -0.3 is 5.32 Å². The van der Waals surface area contributed by atoms with Crippen LogP contribution in [-0.2, 0) is 6.54 Å². The highest BCUT2D eigenvalue weighted by Crippen LogP contribution is 2.10. The third-order valence-electron chi connectivity index (χ3n) is 1.96. The van der Waals surface area contributed by atoms with Gasteiger partial charge in [-0.3, -0.25) is 0 Å². The van der Waals surface area contributed by atoms with E-state index < -0.39 is 0 Å². The molecule has 1 nitrogen and oxygen atoms in total. The summed E-state index contributed by atoms with van der Waals surface area (Å²) < 4.78 is 0. The van der Waals surface area contributed by atoms with Gasteiger partial charge in [0.2, 0.25) is 0 Å². The van der Waals surface area contributed by atoms with E-state index in [2.05, 4.69) is 48.7 Å². The summed E-state index contributed by atoms with van der Waals surface area (Å²) in [5.74, 6) is 0. The fraction of sp³-hybridized carbons (Fsp3) is 0.429. The maximum atomic E-state index is 3.17. The minimum absolute atomic E-state index is 0.935. The van der Waals surface area contributed by atoms with Crippen molar-refractivity contribution in [2.75, 3.05) is 7.05 Å². The zero-order chi connectivity index (χ0) is 11.5. The standard InChI is InChI=1S/C12H17N.C2H6/c1-3-4-7-11-8-5-6-9-12(11)10-13-2;1-2/h4-9,13H,3,10H2,1-2H3;1-2H3/b7-4-;. The summed E-state index contributed by atoms with van der Waals surface area (Å²) in [4.78, 5) is 0. The lowest BCUT2D eigenvalue weighted by molar-refractivity contribution is 0.816. The molecular formula is C14H23N. The first-order chi connectivity index (χ1) is 7.38. The van der Waals surface area contributed by atoms with Gasteiger partial charge in [-0.15, -0.1) is 0 Å². The summed E-state index contributed by atoms with van der Waals surface area (Å²) in [6.45, 7) is 7.08. The molecule has 1 aromatic carbocycles. The molecule has 0 aromatic heterocycles. The highest BCUT2D eigenvalue weighted by Gasteiger charge is 1.95. The average molecular weight is 205 g/mol. The van der Waals surface area contributed by atoms with Gasteiger partial charge in [0.15, 0.2) is 0 Å². The molecule has 0 atom stereocenters. The van der Waals surface area contributed by atoms with Crippen LogP contribution in [0.25, 0.3) is 6.08 Å². The predicted molar refractivity (Wildman–Crippen MR) is 69.9 cm³/mol. The minimum atomic E-state index is 0.935. The van der Waals surface area contributed by atoms with Gasteiger partial charge in [0.1, 0.15) is 0 Å². The summed E-state index contributed by atoms with van der Waals surface area (Å²) in [5.41, 5.74) is 2.67. The molecule has 0 aliphatic heterocycles. The first kappa shape index (κ1) is 13.9. The lowest BCUT2D eigenvalue weighted by Crippen LogP contribution is -2.06. The van der Waals surface area contributed by atoms with E-state index in [1.807, 2.05) is 20.9 Å². The van der Waals surface area contributed by atoms with Crippen LogP contribution in [0, 0.1) is 0 Å². The molecule has 0 amide bonds. The molecule has 1 aromatic rings. The molecule has 0 bridgehead atoms. The van der Waals surface area contributed by atoms with Crippen molar-refractivity contribution >= 4 is 6.08 Å². The van der Waals surface area contributed by atoms with E-state index >= 15 is 0 Å². The molecule has 84 valence electrons. The molecule has 0 fully saturated rings. The number of allylic oxidation sites excluding steroid dienone is 1. The Morgan fingerprint density at radius 2 is 1.87 bits per heavy atom. The van der Waals surface area contributed by atoms with Crippen LogP contribution in [0.3, 0.4) is 0 Å². The van der Waals surface area contributed by atoms with E-state index in [4.69, 9.17) is 0 Å². The highest BCUT2D eigenvalue weighted by molar-refractivity contribution is 5.53. The van der Waals surface area contributed by atoms with E-state index in [1.165, 1.54) is 11.1 Å². The zero-order valence-electron chi connectivity index (χ0n) is 10.4. The Morgan fingerprint density at radius 3 is 2.47 bits per heavy atom. The number of rotatable bonds is 4. The van der Waals surface area contributed by atoms with Crippen molar-refractivity contribution in [2.45, 2.75) is 33.7 Å². The molecule has 0 aliphatic rings. The van der Waals surface area contributed by atoms with E-state index in [-0.39, 0.29) is 0 Å². The van der Waals surface area contributed by atoms with Crippen LogP contribution in [-0.4, -0.2) is 7.05 Å². The van der Waals surface area contributed by atoms with Crippen molar-refractivity contribution < 1.29 is 0 Å². The molecule has 1 rings (SSSR count). The van der Waals surface area contributed by atoms with E-state index in [1.54, 1.807) is 0 Å². The summed E-state index contributed by atoms with van der Waals surface area (Å²) in [6, 6.07) is 8.47.